The van der Waals surface area contributed by atoms with Crippen LogP contribution >= 0.6 is 0 Å². The van der Waals surface area contributed by atoms with Gasteiger partial charge < -0.3 is 9.42 Å². The van der Waals surface area contributed by atoms with E-state index < -0.39 is 0 Å². The van der Waals surface area contributed by atoms with Crippen molar-refractivity contribution in [1.82, 2.24) is 25.0 Å². The van der Waals surface area contributed by atoms with Crippen molar-refractivity contribution in [2.75, 3.05) is 25.5 Å². The van der Waals surface area contributed by atoms with Gasteiger partial charge in [0.25, 0.3) is 5.89 Å². The SMILES string of the molecule is CN(C)c1ncnc2c1CN(Cc1noc(-c3ccccc3)n1)CC2. The molecule has 1 aromatic carbocycles. The number of hydrogen-bond donors (Lipinski definition) is 0. The van der Waals surface area contributed by atoms with Crippen molar-refractivity contribution in [3.05, 3.63) is 53.7 Å². The Kier molecular flexibility index (Phi) is 4.15. The molecule has 2 aromatic heterocycles. The van der Waals surface area contributed by atoms with Crippen LogP contribution in [0.1, 0.15) is 17.1 Å². The minimum Gasteiger partial charge on any atom is -0.362 e. The third kappa shape index (κ3) is 3.23. The molecule has 128 valence electrons. The fourth-order valence-corrected chi connectivity index (χ4v) is 3.12. The van der Waals surface area contributed by atoms with E-state index in [0.717, 1.165) is 36.6 Å². The standard InChI is InChI=1S/C18H20N6O/c1-23(2)17-14-10-24(9-8-15(14)19-12-20-17)11-16-21-18(25-22-16)13-6-4-3-5-7-13/h3-7,12H,8-11H2,1-2H3. The van der Waals surface area contributed by atoms with Gasteiger partial charge in [-0.1, -0.05) is 23.4 Å². The molecule has 0 unspecified atom stereocenters. The number of aromatic nitrogens is 4. The third-order valence-corrected chi connectivity index (χ3v) is 4.34. The van der Waals surface area contributed by atoms with Crippen LogP contribution in [0.2, 0.25) is 0 Å². The number of benzene rings is 1. The van der Waals surface area contributed by atoms with Gasteiger partial charge in [0.05, 0.1) is 12.2 Å². The molecule has 0 aliphatic carbocycles. The normalized spacial score (nSPS) is 14.3. The lowest BCUT2D eigenvalue weighted by Gasteiger charge is -2.29. The average molecular weight is 336 g/mol. The monoisotopic (exact) mass is 336 g/mol. The van der Waals surface area contributed by atoms with Gasteiger partial charge in [-0.05, 0) is 12.1 Å². The Morgan fingerprint density at radius 2 is 2.00 bits per heavy atom. The molecule has 7 nitrogen and oxygen atoms in total. The molecule has 25 heavy (non-hydrogen) atoms. The van der Waals surface area contributed by atoms with Gasteiger partial charge in [0.1, 0.15) is 12.1 Å². The first-order valence-corrected chi connectivity index (χ1v) is 8.31. The quantitative estimate of drug-likeness (QED) is 0.723. The molecule has 7 heteroatoms. The minimum absolute atomic E-state index is 0.560. The Balaban J connectivity index is 1.51. The zero-order valence-electron chi connectivity index (χ0n) is 14.4. The fraction of sp³-hybridized carbons (Fsp3) is 0.333. The molecule has 0 bridgehead atoms. The number of rotatable bonds is 4. The second-order valence-corrected chi connectivity index (χ2v) is 6.36. The summed E-state index contributed by atoms with van der Waals surface area (Å²) in [5.74, 6) is 2.24. The second kappa shape index (κ2) is 6.60. The van der Waals surface area contributed by atoms with Crippen molar-refractivity contribution in [2.24, 2.45) is 0 Å². The van der Waals surface area contributed by atoms with Crippen LogP contribution < -0.4 is 4.90 Å². The van der Waals surface area contributed by atoms with E-state index in [2.05, 4.69) is 25.0 Å². The maximum atomic E-state index is 5.40. The van der Waals surface area contributed by atoms with E-state index in [1.807, 2.05) is 49.3 Å². The maximum Gasteiger partial charge on any atom is 0.257 e. The first kappa shape index (κ1) is 15.7. The highest BCUT2D eigenvalue weighted by atomic mass is 16.5. The zero-order chi connectivity index (χ0) is 17.2. The molecule has 0 saturated heterocycles. The number of anilines is 1. The van der Waals surface area contributed by atoms with Gasteiger partial charge in [0.2, 0.25) is 0 Å². The lowest BCUT2D eigenvalue weighted by molar-refractivity contribution is 0.233. The van der Waals surface area contributed by atoms with E-state index in [-0.39, 0.29) is 0 Å². The average Bonchev–Trinajstić information content (AvgIpc) is 3.10. The smallest absolute Gasteiger partial charge is 0.257 e. The molecule has 0 atom stereocenters. The summed E-state index contributed by atoms with van der Waals surface area (Å²) in [7, 11) is 4.01. The van der Waals surface area contributed by atoms with Crippen LogP contribution in [0.4, 0.5) is 5.82 Å². The zero-order valence-corrected chi connectivity index (χ0v) is 14.4. The van der Waals surface area contributed by atoms with Crippen molar-refractivity contribution in [3.63, 3.8) is 0 Å². The number of fused-ring (bicyclic) bond motifs is 1. The lowest BCUT2D eigenvalue weighted by Crippen LogP contribution is -2.32. The molecule has 0 fully saturated rings. The molecule has 3 aromatic rings. The molecule has 4 rings (SSSR count). The van der Waals surface area contributed by atoms with E-state index >= 15 is 0 Å². The largest absolute Gasteiger partial charge is 0.362 e. The van der Waals surface area contributed by atoms with Crippen molar-refractivity contribution in [1.29, 1.82) is 0 Å². The van der Waals surface area contributed by atoms with Gasteiger partial charge in [0.15, 0.2) is 5.82 Å². The van der Waals surface area contributed by atoms with Crippen LogP contribution in [0.15, 0.2) is 41.2 Å². The Bertz CT molecular complexity index is 861. The van der Waals surface area contributed by atoms with Crippen molar-refractivity contribution in [2.45, 2.75) is 19.5 Å². The highest BCUT2D eigenvalue weighted by molar-refractivity contribution is 5.52. The topological polar surface area (TPSA) is 71.2 Å². The van der Waals surface area contributed by atoms with Gasteiger partial charge in [0, 0.05) is 44.7 Å². The van der Waals surface area contributed by atoms with E-state index in [1.54, 1.807) is 6.33 Å². The summed E-state index contributed by atoms with van der Waals surface area (Å²) in [6.07, 6.45) is 2.55. The van der Waals surface area contributed by atoms with Crippen molar-refractivity contribution < 1.29 is 4.52 Å². The van der Waals surface area contributed by atoms with E-state index in [0.29, 0.717) is 18.3 Å². The van der Waals surface area contributed by atoms with Crippen molar-refractivity contribution >= 4 is 5.82 Å². The summed E-state index contributed by atoms with van der Waals surface area (Å²) in [6, 6.07) is 9.83. The first-order chi connectivity index (χ1) is 12.2. The van der Waals surface area contributed by atoms with Gasteiger partial charge in [-0.15, -0.1) is 0 Å². The predicted molar refractivity (Wildman–Crippen MR) is 93.9 cm³/mol. The van der Waals surface area contributed by atoms with Gasteiger partial charge in [-0.3, -0.25) is 4.90 Å². The summed E-state index contributed by atoms with van der Waals surface area (Å²) in [5, 5.41) is 4.13. The van der Waals surface area contributed by atoms with Crippen LogP contribution in [-0.4, -0.2) is 45.6 Å². The van der Waals surface area contributed by atoms with Crippen LogP contribution in [0, 0.1) is 0 Å². The second-order valence-electron chi connectivity index (χ2n) is 6.36. The lowest BCUT2D eigenvalue weighted by atomic mass is 10.1. The van der Waals surface area contributed by atoms with Crippen LogP contribution in [0.3, 0.4) is 0 Å². The summed E-state index contributed by atoms with van der Waals surface area (Å²) in [6.45, 7) is 2.36. The molecule has 1 aliphatic heterocycles. The molecular formula is C18H20N6O. The van der Waals surface area contributed by atoms with Crippen LogP contribution in [-0.2, 0) is 19.5 Å². The molecule has 0 amide bonds. The Morgan fingerprint density at radius 1 is 1.16 bits per heavy atom. The van der Waals surface area contributed by atoms with E-state index in [1.165, 1.54) is 5.56 Å². The molecule has 0 N–H and O–H groups in total. The Morgan fingerprint density at radius 3 is 2.80 bits per heavy atom. The van der Waals surface area contributed by atoms with E-state index in [9.17, 15) is 0 Å². The van der Waals surface area contributed by atoms with Crippen molar-refractivity contribution in [3.8, 4) is 11.5 Å². The number of nitrogens with zero attached hydrogens (tertiary/aromatic N) is 6. The Labute approximate surface area is 146 Å². The summed E-state index contributed by atoms with van der Waals surface area (Å²) in [5.41, 5.74) is 3.26. The molecule has 0 saturated carbocycles. The number of hydrogen-bond acceptors (Lipinski definition) is 7. The summed E-state index contributed by atoms with van der Waals surface area (Å²) in [4.78, 5) is 17.7. The third-order valence-electron chi connectivity index (χ3n) is 4.34. The molecule has 1 aliphatic rings. The van der Waals surface area contributed by atoms with Crippen LogP contribution in [0.5, 0.6) is 0 Å². The molecule has 0 radical (unpaired) electrons. The van der Waals surface area contributed by atoms with Gasteiger partial charge in [-0.25, -0.2) is 9.97 Å². The summed E-state index contributed by atoms with van der Waals surface area (Å²) < 4.78 is 5.40. The highest BCUT2D eigenvalue weighted by Crippen LogP contribution is 2.25. The van der Waals surface area contributed by atoms with Crippen LogP contribution in [0.25, 0.3) is 11.5 Å². The maximum absolute atomic E-state index is 5.40. The fourth-order valence-electron chi connectivity index (χ4n) is 3.12. The Hall–Kier alpha value is -2.80. The first-order valence-electron chi connectivity index (χ1n) is 8.31. The molecule has 0 spiro atoms. The molecular weight excluding hydrogens is 316 g/mol. The minimum atomic E-state index is 0.560. The molecule has 3 heterocycles. The van der Waals surface area contributed by atoms with E-state index in [4.69, 9.17) is 4.52 Å². The summed E-state index contributed by atoms with van der Waals surface area (Å²) >= 11 is 0. The highest BCUT2D eigenvalue weighted by Gasteiger charge is 2.23. The van der Waals surface area contributed by atoms with Gasteiger partial charge in [-0.2, -0.15) is 4.98 Å². The van der Waals surface area contributed by atoms with Gasteiger partial charge >= 0.3 is 0 Å². The predicted octanol–water partition coefficient (Wildman–Crippen LogP) is 2.15.